The van der Waals surface area contributed by atoms with E-state index in [0.29, 0.717) is 0 Å². The number of aromatic nitrogens is 1. The second kappa shape index (κ2) is 5.08. The van der Waals surface area contributed by atoms with Crippen LogP contribution < -0.4 is 0 Å². The van der Waals surface area contributed by atoms with Gasteiger partial charge in [0.05, 0.1) is 15.2 Å². The first-order valence-corrected chi connectivity index (χ1v) is 7.14. The van der Waals surface area contributed by atoms with Gasteiger partial charge in [-0.25, -0.2) is 4.98 Å². The van der Waals surface area contributed by atoms with Gasteiger partial charge in [-0.05, 0) is 30.9 Å². The molecule has 15 heavy (non-hydrogen) atoms. The first-order chi connectivity index (χ1) is 7.29. The molecule has 0 spiro atoms. The lowest BCUT2D eigenvalue weighted by Gasteiger charge is -2.03. The average Bonchev–Trinajstić information content (AvgIpc) is 2.68. The Morgan fingerprint density at radius 2 is 2.20 bits per heavy atom. The predicted octanol–water partition coefficient (Wildman–Crippen LogP) is 4.26. The second-order valence-electron chi connectivity index (χ2n) is 3.87. The van der Waals surface area contributed by atoms with E-state index in [2.05, 4.69) is 46.0 Å². The number of para-hydroxylation sites is 1. The van der Waals surface area contributed by atoms with Crippen molar-refractivity contribution in [1.29, 1.82) is 0 Å². The molecular weight excluding hydrogens is 270 g/mol. The summed E-state index contributed by atoms with van der Waals surface area (Å²) in [7, 11) is 0. The van der Waals surface area contributed by atoms with Gasteiger partial charge in [0.25, 0.3) is 0 Å². The van der Waals surface area contributed by atoms with Gasteiger partial charge < -0.3 is 0 Å². The molecule has 1 aromatic heterocycles. The number of hydrogen-bond donors (Lipinski definition) is 0. The summed E-state index contributed by atoms with van der Waals surface area (Å²) in [5, 5.41) is 2.35. The van der Waals surface area contributed by atoms with Crippen LogP contribution in [-0.2, 0) is 6.42 Å². The van der Waals surface area contributed by atoms with Crippen molar-refractivity contribution in [3.8, 4) is 0 Å². The second-order valence-corrected chi connectivity index (χ2v) is 5.64. The Kier molecular flexibility index (Phi) is 3.76. The van der Waals surface area contributed by atoms with E-state index in [1.165, 1.54) is 16.1 Å². The third-order valence-corrected chi connectivity index (χ3v) is 4.65. The highest BCUT2D eigenvalue weighted by atomic mass is 79.9. The molecular formula is C12H14BrNS. The number of rotatable bonds is 4. The maximum Gasteiger partial charge on any atom is 0.0938 e. The number of halogens is 1. The van der Waals surface area contributed by atoms with Gasteiger partial charge in [0.15, 0.2) is 0 Å². The van der Waals surface area contributed by atoms with Crippen molar-refractivity contribution in [3.05, 3.63) is 29.3 Å². The molecule has 0 radical (unpaired) electrons. The van der Waals surface area contributed by atoms with E-state index in [-0.39, 0.29) is 0 Å². The van der Waals surface area contributed by atoms with Crippen LogP contribution in [0.1, 0.15) is 18.4 Å². The first-order valence-electron chi connectivity index (χ1n) is 5.20. The third-order valence-electron chi connectivity index (χ3n) is 2.45. The summed E-state index contributed by atoms with van der Waals surface area (Å²) in [6.07, 6.45) is 2.32. The summed E-state index contributed by atoms with van der Waals surface area (Å²) >= 11 is 5.33. The fourth-order valence-electron chi connectivity index (χ4n) is 1.47. The predicted molar refractivity (Wildman–Crippen MR) is 70.9 cm³/mol. The van der Waals surface area contributed by atoms with Crippen molar-refractivity contribution >= 4 is 37.5 Å². The minimum absolute atomic E-state index is 0.733. The van der Waals surface area contributed by atoms with Crippen molar-refractivity contribution < 1.29 is 0 Å². The zero-order valence-electron chi connectivity index (χ0n) is 8.74. The normalized spacial score (nSPS) is 13.2. The van der Waals surface area contributed by atoms with Gasteiger partial charge in [0.2, 0.25) is 0 Å². The maximum atomic E-state index is 4.62. The highest BCUT2D eigenvalue weighted by Gasteiger charge is 2.05. The summed E-state index contributed by atoms with van der Waals surface area (Å²) in [5.74, 6) is 0.733. The lowest BCUT2D eigenvalue weighted by atomic mass is 10.1. The van der Waals surface area contributed by atoms with Crippen LogP contribution in [0.15, 0.2) is 24.3 Å². The van der Waals surface area contributed by atoms with Crippen molar-refractivity contribution in [2.75, 3.05) is 5.33 Å². The molecule has 0 saturated heterocycles. The van der Waals surface area contributed by atoms with Crippen LogP contribution in [-0.4, -0.2) is 10.3 Å². The van der Waals surface area contributed by atoms with Crippen LogP contribution in [0.5, 0.6) is 0 Å². The van der Waals surface area contributed by atoms with E-state index in [0.717, 1.165) is 23.2 Å². The van der Waals surface area contributed by atoms with Gasteiger partial charge in [0, 0.05) is 5.33 Å². The van der Waals surface area contributed by atoms with E-state index in [4.69, 9.17) is 0 Å². The Hall–Kier alpha value is -0.410. The van der Waals surface area contributed by atoms with E-state index < -0.39 is 0 Å². The lowest BCUT2D eigenvalue weighted by Crippen LogP contribution is -1.97. The molecule has 0 amide bonds. The largest absolute Gasteiger partial charge is 0.241 e. The van der Waals surface area contributed by atoms with Gasteiger partial charge in [-0.1, -0.05) is 35.0 Å². The average molecular weight is 284 g/mol. The van der Waals surface area contributed by atoms with E-state index in [1.54, 1.807) is 0 Å². The fraction of sp³-hybridized carbons (Fsp3) is 0.417. The molecule has 1 nitrogen and oxygen atoms in total. The fourth-order valence-corrected chi connectivity index (χ4v) is 2.78. The summed E-state index contributed by atoms with van der Waals surface area (Å²) in [6, 6.07) is 8.35. The van der Waals surface area contributed by atoms with Gasteiger partial charge >= 0.3 is 0 Å². The zero-order chi connectivity index (χ0) is 10.7. The number of aryl methyl sites for hydroxylation is 1. The Balaban J connectivity index is 2.09. The van der Waals surface area contributed by atoms with Crippen LogP contribution in [0, 0.1) is 5.92 Å². The molecule has 0 bridgehead atoms. The minimum Gasteiger partial charge on any atom is -0.241 e. The van der Waals surface area contributed by atoms with Crippen molar-refractivity contribution in [2.45, 2.75) is 19.8 Å². The van der Waals surface area contributed by atoms with E-state index >= 15 is 0 Å². The molecule has 1 unspecified atom stereocenters. The smallest absolute Gasteiger partial charge is 0.0938 e. The molecule has 2 rings (SSSR count). The Morgan fingerprint density at radius 3 is 2.93 bits per heavy atom. The SMILES string of the molecule is CC(CBr)CCc1nc2ccccc2s1. The van der Waals surface area contributed by atoms with Crippen LogP contribution in [0.4, 0.5) is 0 Å². The molecule has 0 fully saturated rings. The van der Waals surface area contributed by atoms with Crippen LogP contribution in [0.25, 0.3) is 10.2 Å². The van der Waals surface area contributed by atoms with Gasteiger partial charge in [-0.15, -0.1) is 11.3 Å². The van der Waals surface area contributed by atoms with Crippen LogP contribution in [0.3, 0.4) is 0 Å². The number of nitrogens with zero attached hydrogens (tertiary/aromatic N) is 1. The highest BCUT2D eigenvalue weighted by Crippen LogP contribution is 2.23. The van der Waals surface area contributed by atoms with E-state index in [9.17, 15) is 0 Å². The summed E-state index contributed by atoms with van der Waals surface area (Å²) in [4.78, 5) is 4.62. The summed E-state index contributed by atoms with van der Waals surface area (Å²) < 4.78 is 1.30. The Morgan fingerprint density at radius 1 is 1.40 bits per heavy atom. The number of fused-ring (bicyclic) bond motifs is 1. The molecule has 0 aliphatic heterocycles. The van der Waals surface area contributed by atoms with Gasteiger partial charge in [0.1, 0.15) is 0 Å². The number of hydrogen-bond acceptors (Lipinski definition) is 2. The minimum atomic E-state index is 0.733. The molecule has 0 aliphatic carbocycles. The molecule has 2 aromatic rings. The van der Waals surface area contributed by atoms with Gasteiger partial charge in [-0.2, -0.15) is 0 Å². The molecule has 1 heterocycles. The molecule has 80 valence electrons. The first kappa shape index (κ1) is 11.1. The Labute approximate surface area is 103 Å². The molecule has 1 atom stereocenters. The quantitative estimate of drug-likeness (QED) is 0.764. The molecule has 0 N–H and O–H groups in total. The summed E-state index contributed by atoms with van der Waals surface area (Å²) in [6.45, 7) is 2.27. The Bertz CT molecular complexity index is 405. The van der Waals surface area contributed by atoms with Crippen molar-refractivity contribution in [2.24, 2.45) is 5.92 Å². The third kappa shape index (κ3) is 2.79. The lowest BCUT2D eigenvalue weighted by molar-refractivity contribution is 0.599. The van der Waals surface area contributed by atoms with Crippen molar-refractivity contribution in [1.82, 2.24) is 4.98 Å². The summed E-state index contributed by atoms with van der Waals surface area (Å²) in [5.41, 5.74) is 1.14. The molecule has 1 aromatic carbocycles. The van der Waals surface area contributed by atoms with Crippen LogP contribution >= 0.6 is 27.3 Å². The topological polar surface area (TPSA) is 12.9 Å². The molecule has 3 heteroatoms. The molecule has 0 aliphatic rings. The number of thiazole rings is 1. The van der Waals surface area contributed by atoms with Gasteiger partial charge in [-0.3, -0.25) is 0 Å². The maximum absolute atomic E-state index is 4.62. The van der Waals surface area contributed by atoms with Crippen LogP contribution in [0.2, 0.25) is 0 Å². The number of alkyl halides is 1. The standard InChI is InChI=1S/C12H14BrNS/c1-9(8-13)6-7-12-14-10-4-2-3-5-11(10)15-12/h2-5,9H,6-8H2,1H3. The zero-order valence-corrected chi connectivity index (χ0v) is 11.1. The number of benzene rings is 1. The highest BCUT2D eigenvalue weighted by molar-refractivity contribution is 9.09. The molecule has 0 saturated carbocycles. The van der Waals surface area contributed by atoms with E-state index in [1.807, 2.05) is 17.4 Å². The van der Waals surface area contributed by atoms with Crippen molar-refractivity contribution in [3.63, 3.8) is 0 Å². The monoisotopic (exact) mass is 283 g/mol.